The van der Waals surface area contributed by atoms with E-state index >= 15 is 0 Å². The summed E-state index contributed by atoms with van der Waals surface area (Å²) in [6, 6.07) is 71.8. The minimum Gasteiger partial charge on any atom is -0.114 e. The highest BCUT2D eigenvalue weighted by Crippen LogP contribution is 2.45. The van der Waals surface area contributed by atoms with E-state index in [9.17, 15) is 0 Å². The van der Waals surface area contributed by atoms with E-state index < -0.39 is 15.8 Å². The maximum absolute atomic E-state index is 2.42. The first-order chi connectivity index (χ1) is 22.9. The third-order valence-electron chi connectivity index (χ3n) is 8.60. The lowest BCUT2D eigenvalue weighted by molar-refractivity contribution is 1.72. The van der Waals surface area contributed by atoms with Crippen molar-refractivity contribution >= 4 is 86.2 Å². The molecule has 3 heteroatoms. The smallest absolute Gasteiger partial charge is 0.000884 e. The fraction of sp³-hybridized carbons (Fsp3) is 0. The van der Waals surface area contributed by atoms with Crippen molar-refractivity contribution in [2.45, 2.75) is 0 Å². The summed E-state index contributed by atoms with van der Waals surface area (Å²) in [5.41, 5.74) is 2.70. The van der Waals surface area contributed by atoms with Crippen LogP contribution in [0.3, 0.4) is 0 Å². The van der Waals surface area contributed by atoms with Gasteiger partial charge in [-0.15, -0.1) is 17.0 Å². The van der Waals surface area contributed by atoms with Crippen molar-refractivity contribution in [3.8, 4) is 11.1 Å². The Kier molecular flexibility index (Phi) is 9.41. The highest BCUT2D eigenvalue weighted by Gasteiger charge is 2.27. The highest BCUT2D eigenvalue weighted by molar-refractivity contribution is 8.93. The summed E-state index contributed by atoms with van der Waals surface area (Å²) in [5, 5.41) is 13.3. The normalized spacial score (nSPS) is 11.2. The zero-order chi connectivity index (χ0) is 30.7. The molecule has 0 unspecified atom stereocenters. The van der Waals surface area contributed by atoms with Gasteiger partial charge in [0, 0.05) is 0 Å². The average molecular weight is 704 g/mol. The SMILES string of the molecule is Br.c1ccc(P(c2ccccc2)c2ccc3ccccc3c2-c2c(P(c3ccccc3)c3ccccc3)ccc3ccccc23)cc1. The first-order valence-corrected chi connectivity index (χ1v) is 18.4. The predicted octanol–water partition coefficient (Wildman–Crippen LogP) is 9.75. The quantitative estimate of drug-likeness (QED) is 0.145. The van der Waals surface area contributed by atoms with Gasteiger partial charge in [0.25, 0.3) is 0 Å². The molecule has 0 aliphatic carbocycles. The predicted molar refractivity (Wildman–Crippen MR) is 215 cm³/mol. The van der Waals surface area contributed by atoms with Crippen LogP contribution in [0.2, 0.25) is 0 Å². The molecule has 0 fully saturated rings. The van der Waals surface area contributed by atoms with Crippen molar-refractivity contribution < 1.29 is 0 Å². The molecule has 47 heavy (non-hydrogen) atoms. The van der Waals surface area contributed by atoms with Gasteiger partial charge in [0.15, 0.2) is 0 Å². The lowest BCUT2D eigenvalue weighted by Gasteiger charge is -2.28. The van der Waals surface area contributed by atoms with E-state index in [0.717, 1.165) is 0 Å². The molecule has 0 saturated heterocycles. The molecule has 0 aliphatic heterocycles. The molecule has 0 aliphatic rings. The standard InChI is InChI=1S/C44H32P2.BrH/c1-5-19-35(20-6-1)45(36-21-7-2-8-22-36)41-31-29-33-17-13-15-27-39(33)43(41)44-40-28-16-14-18-34(40)30-32-42(44)46(37-23-9-3-10-24-37)38-25-11-4-12-26-38;/h1-32H;1H. The van der Waals surface area contributed by atoms with Gasteiger partial charge in [-0.25, -0.2) is 0 Å². The molecular formula is C44H33BrP2. The van der Waals surface area contributed by atoms with Crippen molar-refractivity contribution in [2.24, 2.45) is 0 Å². The Morgan fingerprint density at radius 2 is 0.532 bits per heavy atom. The molecule has 226 valence electrons. The van der Waals surface area contributed by atoms with Crippen LogP contribution in [0.4, 0.5) is 0 Å². The molecule has 8 aromatic carbocycles. The van der Waals surface area contributed by atoms with Crippen molar-refractivity contribution in [3.05, 3.63) is 194 Å². The molecule has 0 atom stereocenters. The second-order valence-electron chi connectivity index (χ2n) is 11.4. The molecule has 0 heterocycles. The Hall–Kier alpha value is -4.38. The molecule has 8 aromatic rings. The Bertz CT molecular complexity index is 2010. The number of rotatable bonds is 7. The maximum atomic E-state index is 2.42. The molecule has 0 radical (unpaired) electrons. The van der Waals surface area contributed by atoms with Crippen LogP contribution < -0.4 is 31.8 Å². The lowest BCUT2D eigenvalue weighted by atomic mass is 9.93. The van der Waals surface area contributed by atoms with Crippen molar-refractivity contribution in [1.29, 1.82) is 0 Å². The van der Waals surface area contributed by atoms with Crippen LogP contribution in [0.15, 0.2) is 194 Å². The fourth-order valence-corrected chi connectivity index (χ4v) is 11.5. The summed E-state index contributed by atoms with van der Waals surface area (Å²) in [6.07, 6.45) is 0. The van der Waals surface area contributed by atoms with Gasteiger partial charge in [0.05, 0.1) is 0 Å². The number of hydrogen-bond acceptors (Lipinski definition) is 0. The van der Waals surface area contributed by atoms with Gasteiger partial charge in [0.2, 0.25) is 0 Å². The van der Waals surface area contributed by atoms with Gasteiger partial charge in [0.1, 0.15) is 0 Å². The zero-order valence-corrected chi connectivity index (χ0v) is 29.3. The molecule has 0 amide bonds. The maximum Gasteiger partial charge on any atom is -0.000884 e. The van der Waals surface area contributed by atoms with Gasteiger partial charge in [-0.2, -0.15) is 0 Å². The Balaban J connectivity index is 0.00000351. The fourth-order valence-electron chi connectivity index (χ4n) is 6.58. The van der Waals surface area contributed by atoms with Crippen molar-refractivity contribution in [3.63, 3.8) is 0 Å². The van der Waals surface area contributed by atoms with E-state index in [0.29, 0.717) is 0 Å². The first-order valence-electron chi connectivity index (χ1n) is 15.7. The minimum absolute atomic E-state index is 0. The molecule has 0 nitrogen and oxygen atoms in total. The molecule has 0 bridgehead atoms. The average Bonchev–Trinajstić information content (AvgIpc) is 3.14. The largest absolute Gasteiger partial charge is 0.114 e. The van der Waals surface area contributed by atoms with E-state index in [1.165, 1.54) is 64.5 Å². The van der Waals surface area contributed by atoms with Crippen molar-refractivity contribution in [1.82, 2.24) is 0 Å². The van der Waals surface area contributed by atoms with Crippen LogP contribution in [0.25, 0.3) is 32.7 Å². The third-order valence-corrected chi connectivity index (χ3v) is 13.6. The van der Waals surface area contributed by atoms with E-state index in [-0.39, 0.29) is 17.0 Å². The van der Waals surface area contributed by atoms with Crippen LogP contribution in [-0.2, 0) is 0 Å². The lowest BCUT2D eigenvalue weighted by Crippen LogP contribution is -2.26. The zero-order valence-electron chi connectivity index (χ0n) is 25.8. The first kappa shape index (κ1) is 31.2. The molecule has 0 N–H and O–H groups in total. The Morgan fingerprint density at radius 1 is 0.255 bits per heavy atom. The van der Waals surface area contributed by atoms with Crippen LogP contribution in [0.1, 0.15) is 0 Å². The summed E-state index contributed by atoms with van der Waals surface area (Å²) >= 11 is 0. The van der Waals surface area contributed by atoms with Gasteiger partial charge in [-0.3, -0.25) is 0 Å². The number of benzene rings is 8. The Morgan fingerprint density at radius 3 is 0.851 bits per heavy atom. The monoisotopic (exact) mass is 702 g/mol. The van der Waals surface area contributed by atoms with E-state index in [2.05, 4.69) is 194 Å². The third kappa shape index (κ3) is 6.08. The molecule has 0 aromatic heterocycles. The summed E-state index contributed by atoms with van der Waals surface area (Å²) in [7, 11) is -1.70. The number of fused-ring (bicyclic) bond motifs is 2. The molecule has 8 rings (SSSR count). The van der Waals surface area contributed by atoms with Gasteiger partial charge in [-0.1, -0.05) is 194 Å². The summed E-state index contributed by atoms with van der Waals surface area (Å²) in [4.78, 5) is 0. The summed E-state index contributed by atoms with van der Waals surface area (Å²) in [5.74, 6) is 0. The van der Waals surface area contributed by atoms with E-state index in [4.69, 9.17) is 0 Å². The van der Waals surface area contributed by atoms with Gasteiger partial charge >= 0.3 is 0 Å². The van der Waals surface area contributed by atoms with E-state index in [1.54, 1.807) is 0 Å². The van der Waals surface area contributed by atoms with Crippen LogP contribution in [0.5, 0.6) is 0 Å². The topological polar surface area (TPSA) is 0 Å². The van der Waals surface area contributed by atoms with Crippen LogP contribution in [0, 0.1) is 0 Å². The van der Waals surface area contributed by atoms with Crippen LogP contribution in [-0.4, -0.2) is 0 Å². The summed E-state index contributed by atoms with van der Waals surface area (Å²) in [6.45, 7) is 0. The van der Waals surface area contributed by atoms with E-state index in [1.807, 2.05) is 0 Å². The highest BCUT2D eigenvalue weighted by atomic mass is 79.9. The summed E-state index contributed by atoms with van der Waals surface area (Å²) < 4.78 is 0. The number of hydrogen-bond donors (Lipinski definition) is 0. The van der Waals surface area contributed by atoms with Gasteiger partial charge < -0.3 is 0 Å². The number of halogens is 1. The molecular weight excluding hydrogens is 670 g/mol. The Labute approximate surface area is 290 Å². The molecule has 0 saturated carbocycles. The van der Waals surface area contributed by atoms with Crippen LogP contribution >= 0.6 is 32.8 Å². The molecule has 0 spiro atoms. The minimum atomic E-state index is -0.852. The van der Waals surface area contributed by atoms with Crippen molar-refractivity contribution in [2.75, 3.05) is 0 Å². The second kappa shape index (κ2) is 14.2. The second-order valence-corrected chi connectivity index (χ2v) is 15.7. The van der Waals surface area contributed by atoms with Gasteiger partial charge in [-0.05, 0) is 80.3 Å².